The largest absolute Gasteiger partial charge is 0.382 e. The normalized spacial score (nSPS) is 18.7. The van der Waals surface area contributed by atoms with Crippen LogP contribution in [0.1, 0.15) is 52.4 Å². The van der Waals surface area contributed by atoms with Gasteiger partial charge in [-0.1, -0.05) is 12.8 Å². The van der Waals surface area contributed by atoms with Crippen molar-refractivity contribution in [2.24, 2.45) is 10.4 Å². The number of nitrogens with one attached hydrogen (secondary N) is 2. The van der Waals surface area contributed by atoms with Gasteiger partial charge in [-0.15, -0.1) is 24.0 Å². The number of aromatic nitrogens is 2. The highest BCUT2D eigenvalue weighted by molar-refractivity contribution is 14.0. The van der Waals surface area contributed by atoms with E-state index in [1.54, 1.807) is 0 Å². The average Bonchev–Trinajstić information content (AvgIpc) is 3.30. The van der Waals surface area contributed by atoms with E-state index in [2.05, 4.69) is 44.2 Å². The molecule has 0 atom stereocenters. The Kier molecular flexibility index (Phi) is 13.3. The van der Waals surface area contributed by atoms with E-state index in [1.165, 1.54) is 25.7 Å². The van der Waals surface area contributed by atoms with Crippen molar-refractivity contribution in [2.45, 2.75) is 52.4 Å². The van der Waals surface area contributed by atoms with Crippen molar-refractivity contribution in [2.75, 3.05) is 70.5 Å². The first-order valence-corrected chi connectivity index (χ1v) is 12.6. The molecule has 0 amide bonds. The monoisotopic (exact) mass is 573 g/mol. The molecule has 3 rings (SSSR count). The standard InChI is InChI=1S/C24H43N7O.HI/c1-3-25-22(29-21-24(9-5-6-10-24)11-20-32-4-2)26-14-8-15-30-16-18-31(19-17-30)23-27-12-7-13-28-23;/h7,12-13H,3-6,8-11,14-21H2,1-2H3,(H2,25,26,29);1H. The number of piperazine rings is 1. The number of guanidine groups is 1. The number of nitrogens with zero attached hydrogens (tertiary/aromatic N) is 5. The molecule has 1 aliphatic heterocycles. The molecule has 1 aliphatic carbocycles. The lowest BCUT2D eigenvalue weighted by Gasteiger charge is -2.34. The third-order valence-electron chi connectivity index (χ3n) is 6.71. The molecule has 33 heavy (non-hydrogen) atoms. The molecular weight excluding hydrogens is 529 g/mol. The first kappa shape index (κ1) is 28.0. The van der Waals surface area contributed by atoms with E-state index in [9.17, 15) is 0 Å². The molecule has 0 radical (unpaired) electrons. The number of hydrogen-bond donors (Lipinski definition) is 2. The lowest BCUT2D eigenvalue weighted by molar-refractivity contribution is 0.107. The molecule has 9 heteroatoms. The number of ether oxygens (including phenoxy) is 1. The molecule has 1 aromatic heterocycles. The quantitative estimate of drug-likeness (QED) is 0.172. The molecule has 188 valence electrons. The zero-order valence-corrected chi connectivity index (χ0v) is 22.9. The van der Waals surface area contributed by atoms with Crippen LogP contribution in [-0.4, -0.2) is 86.4 Å². The van der Waals surface area contributed by atoms with E-state index >= 15 is 0 Å². The SMILES string of the molecule is CCNC(=NCC1(CCOCC)CCCC1)NCCCN1CCN(c2ncccn2)CC1.I. The summed E-state index contributed by atoms with van der Waals surface area (Å²) in [5.74, 6) is 1.81. The summed E-state index contributed by atoms with van der Waals surface area (Å²) in [4.78, 5) is 18.5. The summed E-state index contributed by atoms with van der Waals surface area (Å²) in [5, 5.41) is 6.98. The second-order valence-corrected chi connectivity index (χ2v) is 9.01. The van der Waals surface area contributed by atoms with E-state index in [0.29, 0.717) is 5.41 Å². The Balaban J connectivity index is 0.00000385. The van der Waals surface area contributed by atoms with Crippen LogP contribution in [0, 0.1) is 5.41 Å². The molecule has 1 saturated carbocycles. The molecule has 1 aromatic rings. The Morgan fingerprint density at radius 2 is 1.82 bits per heavy atom. The van der Waals surface area contributed by atoms with Gasteiger partial charge < -0.3 is 20.3 Å². The molecule has 0 bridgehead atoms. The van der Waals surface area contributed by atoms with Crippen molar-refractivity contribution >= 4 is 35.9 Å². The van der Waals surface area contributed by atoms with Crippen LogP contribution in [0.2, 0.25) is 0 Å². The zero-order chi connectivity index (χ0) is 22.5. The van der Waals surface area contributed by atoms with E-state index in [1.807, 2.05) is 18.5 Å². The van der Waals surface area contributed by atoms with E-state index in [-0.39, 0.29) is 24.0 Å². The van der Waals surface area contributed by atoms with Crippen molar-refractivity contribution in [1.29, 1.82) is 0 Å². The van der Waals surface area contributed by atoms with Crippen LogP contribution in [0.4, 0.5) is 5.95 Å². The van der Waals surface area contributed by atoms with E-state index in [0.717, 1.165) is 90.3 Å². The number of rotatable bonds is 12. The Morgan fingerprint density at radius 1 is 1.09 bits per heavy atom. The Labute approximate surface area is 217 Å². The maximum atomic E-state index is 5.65. The highest BCUT2D eigenvalue weighted by atomic mass is 127. The summed E-state index contributed by atoms with van der Waals surface area (Å²) in [6.45, 7) is 13.8. The van der Waals surface area contributed by atoms with Gasteiger partial charge >= 0.3 is 0 Å². The Morgan fingerprint density at radius 3 is 2.48 bits per heavy atom. The average molecular weight is 574 g/mol. The molecule has 1 saturated heterocycles. The van der Waals surface area contributed by atoms with Gasteiger partial charge in [0.1, 0.15) is 0 Å². The van der Waals surface area contributed by atoms with Crippen LogP contribution in [0.25, 0.3) is 0 Å². The van der Waals surface area contributed by atoms with Gasteiger partial charge in [0.15, 0.2) is 5.96 Å². The van der Waals surface area contributed by atoms with Gasteiger partial charge in [0.05, 0.1) is 0 Å². The molecule has 0 aromatic carbocycles. The second-order valence-electron chi connectivity index (χ2n) is 9.01. The lowest BCUT2D eigenvalue weighted by Crippen LogP contribution is -2.47. The van der Waals surface area contributed by atoms with Gasteiger partial charge in [-0.3, -0.25) is 9.89 Å². The van der Waals surface area contributed by atoms with Crippen molar-refractivity contribution in [3.8, 4) is 0 Å². The predicted octanol–water partition coefficient (Wildman–Crippen LogP) is 3.15. The first-order valence-electron chi connectivity index (χ1n) is 12.6. The molecular formula is C24H44IN7O. The minimum Gasteiger partial charge on any atom is -0.382 e. The topological polar surface area (TPSA) is 77.9 Å². The fourth-order valence-corrected chi connectivity index (χ4v) is 4.77. The minimum absolute atomic E-state index is 0. The van der Waals surface area contributed by atoms with Crippen LogP contribution in [0.15, 0.2) is 23.5 Å². The summed E-state index contributed by atoms with van der Waals surface area (Å²) >= 11 is 0. The van der Waals surface area contributed by atoms with Crippen LogP contribution >= 0.6 is 24.0 Å². The van der Waals surface area contributed by atoms with Crippen molar-refractivity contribution in [3.05, 3.63) is 18.5 Å². The van der Waals surface area contributed by atoms with Crippen LogP contribution in [-0.2, 0) is 4.74 Å². The van der Waals surface area contributed by atoms with Gasteiger partial charge in [0, 0.05) is 71.4 Å². The fraction of sp³-hybridized carbons (Fsp3) is 0.792. The van der Waals surface area contributed by atoms with Crippen molar-refractivity contribution in [3.63, 3.8) is 0 Å². The smallest absolute Gasteiger partial charge is 0.225 e. The number of halogens is 1. The number of hydrogen-bond acceptors (Lipinski definition) is 6. The zero-order valence-electron chi connectivity index (χ0n) is 20.6. The third kappa shape index (κ3) is 9.52. The highest BCUT2D eigenvalue weighted by Crippen LogP contribution is 2.41. The maximum absolute atomic E-state index is 5.65. The third-order valence-corrected chi connectivity index (χ3v) is 6.71. The summed E-state index contributed by atoms with van der Waals surface area (Å²) in [5.41, 5.74) is 0.333. The molecule has 2 heterocycles. The molecule has 2 aliphatic rings. The Hall–Kier alpha value is -1.20. The summed E-state index contributed by atoms with van der Waals surface area (Å²) in [6.07, 6.45) is 11.1. The van der Waals surface area contributed by atoms with Crippen molar-refractivity contribution in [1.82, 2.24) is 25.5 Å². The minimum atomic E-state index is 0. The van der Waals surface area contributed by atoms with Gasteiger partial charge in [0.2, 0.25) is 5.95 Å². The summed E-state index contributed by atoms with van der Waals surface area (Å²) in [6, 6.07) is 1.87. The number of aliphatic imine (C=N–C) groups is 1. The van der Waals surface area contributed by atoms with Gasteiger partial charge in [-0.05, 0) is 57.6 Å². The summed E-state index contributed by atoms with van der Waals surface area (Å²) < 4.78 is 5.65. The fourth-order valence-electron chi connectivity index (χ4n) is 4.77. The lowest BCUT2D eigenvalue weighted by atomic mass is 9.83. The van der Waals surface area contributed by atoms with Gasteiger partial charge in [0.25, 0.3) is 0 Å². The maximum Gasteiger partial charge on any atom is 0.225 e. The molecule has 0 unspecified atom stereocenters. The van der Waals surface area contributed by atoms with E-state index in [4.69, 9.17) is 9.73 Å². The van der Waals surface area contributed by atoms with Crippen LogP contribution in [0.5, 0.6) is 0 Å². The van der Waals surface area contributed by atoms with Crippen LogP contribution in [0.3, 0.4) is 0 Å². The first-order chi connectivity index (χ1) is 15.7. The molecule has 2 N–H and O–H groups in total. The Bertz CT molecular complexity index is 662. The van der Waals surface area contributed by atoms with E-state index < -0.39 is 0 Å². The van der Waals surface area contributed by atoms with Gasteiger partial charge in [-0.25, -0.2) is 9.97 Å². The molecule has 8 nitrogen and oxygen atoms in total. The summed E-state index contributed by atoms with van der Waals surface area (Å²) in [7, 11) is 0. The number of anilines is 1. The predicted molar refractivity (Wildman–Crippen MR) is 147 cm³/mol. The second kappa shape index (κ2) is 15.7. The van der Waals surface area contributed by atoms with Crippen LogP contribution < -0.4 is 15.5 Å². The molecule has 0 spiro atoms. The molecule has 2 fully saturated rings. The van der Waals surface area contributed by atoms with Gasteiger partial charge in [-0.2, -0.15) is 0 Å². The van der Waals surface area contributed by atoms with Crippen molar-refractivity contribution < 1.29 is 4.74 Å². The highest BCUT2D eigenvalue weighted by Gasteiger charge is 2.33.